The van der Waals surface area contributed by atoms with Crippen LogP contribution in [0.25, 0.3) is 0 Å². The predicted octanol–water partition coefficient (Wildman–Crippen LogP) is 1.92. The van der Waals surface area contributed by atoms with Gasteiger partial charge in [0.15, 0.2) is 0 Å². The fourth-order valence-corrected chi connectivity index (χ4v) is 1.59. The molecule has 5 heteroatoms. The maximum absolute atomic E-state index is 11.6. The number of nitrogens with zero attached hydrogens (tertiary/aromatic N) is 1. The summed E-state index contributed by atoms with van der Waals surface area (Å²) in [5.41, 5.74) is 1.01. The van der Waals surface area contributed by atoms with Crippen LogP contribution in [0.2, 0.25) is 0 Å². The van der Waals surface area contributed by atoms with Crippen LogP contribution in [0, 0.1) is 11.3 Å². The molecule has 19 heavy (non-hydrogen) atoms. The van der Waals surface area contributed by atoms with Crippen molar-refractivity contribution in [1.29, 1.82) is 5.26 Å². The third-order valence-electron chi connectivity index (χ3n) is 2.48. The molecule has 1 rings (SSSR count). The summed E-state index contributed by atoms with van der Waals surface area (Å²) in [4.78, 5) is 22.1. The predicted molar refractivity (Wildman–Crippen MR) is 67.1 cm³/mol. The second kappa shape index (κ2) is 7.88. The largest absolute Gasteiger partial charge is 0.481 e. The maximum atomic E-state index is 11.6. The summed E-state index contributed by atoms with van der Waals surface area (Å²) < 4.78 is 4.98. The van der Waals surface area contributed by atoms with Gasteiger partial charge in [0, 0.05) is 6.42 Å². The van der Waals surface area contributed by atoms with E-state index in [1.54, 1.807) is 0 Å². The van der Waals surface area contributed by atoms with Crippen molar-refractivity contribution < 1.29 is 19.4 Å². The van der Waals surface area contributed by atoms with E-state index >= 15 is 0 Å². The second-order valence-electron chi connectivity index (χ2n) is 4.06. The molecule has 0 fully saturated rings. The summed E-state index contributed by atoms with van der Waals surface area (Å²) in [7, 11) is 0. The molecule has 0 amide bonds. The van der Waals surface area contributed by atoms with Crippen molar-refractivity contribution in [3.63, 3.8) is 0 Å². The van der Waals surface area contributed by atoms with E-state index < -0.39 is 18.0 Å². The summed E-state index contributed by atoms with van der Waals surface area (Å²) >= 11 is 0. The number of nitriles is 1. The van der Waals surface area contributed by atoms with E-state index in [1.807, 2.05) is 36.4 Å². The van der Waals surface area contributed by atoms with Gasteiger partial charge in [0.05, 0.1) is 18.9 Å². The van der Waals surface area contributed by atoms with E-state index in [9.17, 15) is 9.59 Å². The molecule has 0 aliphatic rings. The van der Waals surface area contributed by atoms with E-state index in [0.29, 0.717) is 6.42 Å². The standard InChI is InChI=1S/C14H15NO4/c15-9-8-12(10-13(16)17)19-14(18)7-6-11-4-2-1-3-5-11/h1-5,12H,6-8,10H2,(H,16,17)/t12-/m1/s1. The van der Waals surface area contributed by atoms with E-state index in [1.165, 1.54) is 0 Å². The van der Waals surface area contributed by atoms with Crippen molar-refractivity contribution in [2.24, 2.45) is 0 Å². The van der Waals surface area contributed by atoms with E-state index in [4.69, 9.17) is 15.1 Å². The van der Waals surface area contributed by atoms with Gasteiger partial charge in [0.25, 0.3) is 0 Å². The Morgan fingerprint density at radius 2 is 2.00 bits per heavy atom. The van der Waals surface area contributed by atoms with Gasteiger partial charge < -0.3 is 9.84 Å². The highest BCUT2D eigenvalue weighted by atomic mass is 16.5. The molecule has 1 atom stereocenters. The number of aliphatic carboxylic acids is 1. The lowest BCUT2D eigenvalue weighted by atomic mass is 10.1. The first-order valence-electron chi connectivity index (χ1n) is 5.94. The molecule has 0 unspecified atom stereocenters. The molecule has 0 aromatic heterocycles. The first kappa shape index (κ1) is 14.7. The van der Waals surface area contributed by atoms with Crippen LogP contribution in [0.1, 0.15) is 24.8 Å². The highest BCUT2D eigenvalue weighted by molar-refractivity contribution is 5.71. The summed E-state index contributed by atoms with van der Waals surface area (Å²) in [5, 5.41) is 17.2. The minimum atomic E-state index is -1.09. The van der Waals surface area contributed by atoms with Crippen LogP contribution in [0.15, 0.2) is 30.3 Å². The summed E-state index contributed by atoms with van der Waals surface area (Å²) in [6.07, 6.45) is -0.614. The minimum Gasteiger partial charge on any atom is -0.481 e. The SMILES string of the molecule is N#CC[C@H](CC(=O)O)OC(=O)CCc1ccccc1. The van der Waals surface area contributed by atoms with Crippen molar-refractivity contribution in [3.05, 3.63) is 35.9 Å². The van der Waals surface area contributed by atoms with Gasteiger partial charge in [0.1, 0.15) is 6.10 Å². The van der Waals surface area contributed by atoms with Crippen LogP contribution in [-0.4, -0.2) is 23.1 Å². The Kier molecular flexibility index (Phi) is 6.10. The van der Waals surface area contributed by atoms with Crippen LogP contribution in [0.4, 0.5) is 0 Å². The van der Waals surface area contributed by atoms with Gasteiger partial charge in [-0.15, -0.1) is 0 Å². The average molecular weight is 261 g/mol. The quantitative estimate of drug-likeness (QED) is 0.757. The number of carbonyl (C=O) groups is 2. The number of rotatable bonds is 7. The summed E-state index contributed by atoms with van der Waals surface area (Å²) in [5.74, 6) is -1.57. The molecule has 1 N–H and O–H groups in total. The number of hydrogen-bond donors (Lipinski definition) is 1. The number of hydrogen-bond acceptors (Lipinski definition) is 4. The van der Waals surface area contributed by atoms with Gasteiger partial charge in [-0.05, 0) is 12.0 Å². The molecule has 1 aromatic carbocycles. The fraction of sp³-hybridized carbons (Fsp3) is 0.357. The highest BCUT2D eigenvalue weighted by Gasteiger charge is 2.17. The first-order valence-corrected chi connectivity index (χ1v) is 5.94. The number of ether oxygens (including phenoxy) is 1. The molecule has 1 aromatic rings. The molecular formula is C14H15NO4. The van der Waals surface area contributed by atoms with E-state index in [2.05, 4.69) is 0 Å². The Bertz CT molecular complexity index is 464. The minimum absolute atomic E-state index is 0.108. The Balaban J connectivity index is 2.40. The van der Waals surface area contributed by atoms with Crippen molar-refractivity contribution in [2.45, 2.75) is 31.8 Å². The maximum Gasteiger partial charge on any atom is 0.307 e. The van der Waals surface area contributed by atoms with Crippen molar-refractivity contribution >= 4 is 11.9 Å². The van der Waals surface area contributed by atoms with Gasteiger partial charge in [0.2, 0.25) is 0 Å². The molecule has 0 spiro atoms. The molecule has 0 saturated carbocycles. The number of esters is 1. The number of aryl methyl sites for hydroxylation is 1. The molecule has 0 radical (unpaired) electrons. The smallest absolute Gasteiger partial charge is 0.307 e. The summed E-state index contributed by atoms with van der Waals surface area (Å²) in [6.45, 7) is 0. The Morgan fingerprint density at radius 1 is 1.32 bits per heavy atom. The number of carboxylic acids is 1. The molecule has 0 bridgehead atoms. The van der Waals surface area contributed by atoms with Gasteiger partial charge in [-0.1, -0.05) is 30.3 Å². The third kappa shape index (κ3) is 6.22. The third-order valence-corrected chi connectivity index (χ3v) is 2.48. The van der Waals surface area contributed by atoms with Crippen molar-refractivity contribution in [3.8, 4) is 6.07 Å². The van der Waals surface area contributed by atoms with Crippen LogP contribution < -0.4 is 0 Å². The zero-order valence-electron chi connectivity index (χ0n) is 10.4. The Morgan fingerprint density at radius 3 is 2.58 bits per heavy atom. The zero-order valence-corrected chi connectivity index (χ0v) is 10.4. The lowest BCUT2D eigenvalue weighted by Crippen LogP contribution is -2.21. The average Bonchev–Trinajstić information content (AvgIpc) is 2.37. The molecule has 0 aliphatic carbocycles. The molecule has 100 valence electrons. The second-order valence-corrected chi connectivity index (χ2v) is 4.06. The van der Waals surface area contributed by atoms with Gasteiger partial charge in [-0.2, -0.15) is 5.26 Å². The van der Waals surface area contributed by atoms with Crippen LogP contribution in [0.3, 0.4) is 0 Å². The highest BCUT2D eigenvalue weighted by Crippen LogP contribution is 2.08. The van der Waals surface area contributed by atoms with E-state index in [0.717, 1.165) is 5.56 Å². The van der Waals surface area contributed by atoms with Crippen LogP contribution in [0.5, 0.6) is 0 Å². The fourth-order valence-electron chi connectivity index (χ4n) is 1.59. The number of carbonyl (C=O) groups excluding carboxylic acids is 1. The van der Waals surface area contributed by atoms with Gasteiger partial charge in [-0.3, -0.25) is 9.59 Å². The van der Waals surface area contributed by atoms with E-state index in [-0.39, 0.29) is 19.3 Å². The molecular weight excluding hydrogens is 246 g/mol. The molecule has 0 aliphatic heterocycles. The van der Waals surface area contributed by atoms with Gasteiger partial charge in [-0.25, -0.2) is 0 Å². The van der Waals surface area contributed by atoms with Crippen molar-refractivity contribution in [2.75, 3.05) is 0 Å². The number of benzene rings is 1. The zero-order chi connectivity index (χ0) is 14.1. The van der Waals surface area contributed by atoms with Crippen LogP contribution in [-0.2, 0) is 20.7 Å². The Hall–Kier alpha value is -2.35. The molecule has 0 saturated heterocycles. The first-order chi connectivity index (χ1) is 9.11. The lowest BCUT2D eigenvalue weighted by Gasteiger charge is -2.12. The lowest BCUT2D eigenvalue weighted by molar-refractivity contribution is -0.152. The Labute approximate surface area is 111 Å². The van der Waals surface area contributed by atoms with Crippen molar-refractivity contribution in [1.82, 2.24) is 0 Å². The monoisotopic (exact) mass is 261 g/mol. The molecule has 5 nitrogen and oxygen atoms in total. The van der Waals surface area contributed by atoms with Gasteiger partial charge >= 0.3 is 11.9 Å². The normalized spacial score (nSPS) is 11.3. The number of carboxylic acid groups (broad SMARTS) is 1. The van der Waals surface area contributed by atoms with Crippen LogP contribution >= 0.6 is 0 Å². The topological polar surface area (TPSA) is 87.4 Å². The molecule has 0 heterocycles. The summed E-state index contributed by atoms with van der Waals surface area (Å²) in [6, 6.07) is 11.3.